The molecule has 3 atom stereocenters. The zero-order valence-corrected chi connectivity index (χ0v) is 74.3. The van der Waals surface area contributed by atoms with Crippen molar-refractivity contribution in [1.29, 1.82) is 0 Å². The van der Waals surface area contributed by atoms with Crippen LogP contribution in [-0.4, -0.2) is 126 Å². The summed E-state index contributed by atoms with van der Waals surface area (Å²) in [7, 11) is 0. The second-order valence-electron chi connectivity index (χ2n) is 31.6. The molecule has 0 bridgehead atoms. The van der Waals surface area contributed by atoms with E-state index in [0.717, 1.165) is 85.7 Å². The molecule has 28 nitrogen and oxygen atoms in total. The monoisotopic (exact) mass is 1780 g/mol. The van der Waals surface area contributed by atoms with Crippen molar-refractivity contribution in [3.8, 4) is 68.3 Å². The molecule has 12 heterocycles. The van der Waals surface area contributed by atoms with E-state index >= 15 is 0 Å². The molecule has 0 fully saturated rings. The summed E-state index contributed by atoms with van der Waals surface area (Å²) in [6, 6.07) is 40.0. The Balaban J connectivity index is 0.000000149. The van der Waals surface area contributed by atoms with E-state index in [-0.39, 0.29) is 61.3 Å². The van der Waals surface area contributed by atoms with Crippen molar-refractivity contribution in [1.82, 2.24) is 98.9 Å². The van der Waals surface area contributed by atoms with Crippen LogP contribution in [0, 0.1) is 99.4 Å². The minimum absolute atomic E-state index is 0.0646. The maximum Gasteiger partial charge on any atom is 0.416 e. The fourth-order valence-electron chi connectivity index (χ4n) is 14.2. The van der Waals surface area contributed by atoms with E-state index in [1.54, 1.807) is 86.2 Å². The van der Waals surface area contributed by atoms with Crippen LogP contribution in [-0.2, 0) is 39.0 Å². The summed E-state index contributed by atoms with van der Waals surface area (Å²) in [5.41, 5.74) is 20.1. The zero-order chi connectivity index (χ0) is 93.6. The molecule has 0 unspecified atom stereocenters. The van der Waals surface area contributed by atoms with Gasteiger partial charge in [0.1, 0.15) is 34.4 Å². The van der Waals surface area contributed by atoms with E-state index in [9.17, 15) is 51.2 Å². The number of nitrogens with one attached hydrogen (secondary N) is 4. The Hall–Kier alpha value is -14.8. The highest BCUT2D eigenvalue weighted by Gasteiger charge is 2.33. The molecular weight excluding hydrogens is 1690 g/mol. The van der Waals surface area contributed by atoms with Gasteiger partial charge in [-0.25, -0.2) is 57.4 Å². The van der Waals surface area contributed by atoms with Crippen LogP contribution in [0.25, 0.3) is 68.3 Å². The Morgan fingerprint density at radius 1 is 0.328 bits per heavy atom. The van der Waals surface area contributed by atoms with Crippen molar-refractivity contribution >= 4 is 23.3 Å². The average molecular weight is 1780 g/mol. The number of imidazole rings is 4. The summed E-state index contributed by atoms with van der Waals surface area (Å²) in [6.07, 6.45) is 10.5. The minimum Gasteiger partial charge on any atom is -0.390 e. The van der Waals surface area contributed by atoms with Crippen molar-refractivity contribution in [2.75, 3.05) is 27.8 Å². The van der Waals surface area contributed by atoms with Crippen molar-refractivity contribution in [3.05, 3.63) is 331 Å². The van der Waals surface area contributed by atoms with Crippen LogP contribution in [0.5, 0.6) is 0 Å². The third kappa shape index (κ3) is 23.0. The van der Waals surface area contributed by atoms with Gasteiger partial charge in [0, 0.05) is 31.3 Å². The van der Waals surface area contributed by atoms with E-state index in [4.69, 9.17) is 0 Å². The Morgan fingerprint density at radius 2 is 0.664 bits per heavy atom. The normalized spacial score (nSPS) is 11.9. The number of nitrogens with zero attached hydrogens (tertiary/aromatic N) is 20. The van der Waals surface area contributed by atoms with E-state index in [2.05, 4.69) is 102 Å². The average Bonchev–Trinajstić information content (AvgIpc) is 1.81. The lowest BCUT2D eigenvalue weighted by Crippen LogP contribution is -2.13. The van der Waals surface area contributed by atoms with Crippen LogP contribution in [0.4, 0.5) is 54.0 Å². The summed E-state index contributed by atoms with van der Waals surface area (Å²) in [5.74, 6) is 0.164. The third-order valence-corrected chi connectivity index (χ3v) is 21.5. The lowest BCUT2D eigenvalue weighted by atomic mass is 10.0. The lowest BCUT2D eigenvalue weighted by molar-refractivity contribution is -0.138. The van der Waals surface area contributed by atoms with Gasteiger partial charge in [-0.1, -0.05) is 42.5 Å². The summed E-state index contributed by atoms with van der Waals surface area (Å²) in [6.45, 7) is 25.3. The van der Waals surface area contributed by atoms with Crippen LogP contribution in [0.15, 0.2) is 196 Å². The first-order valence-electron chi connectivity index (χ1n) is 41.7. The van der Waals surface area contributed by atoms with Crippen LogP contribution in [0.3, 0.4) is 0 Å². The topological polar surface area (TPSA) is 355 Å². The SMILES string of the molecule is Cc1cn(-c2ccc(-c3cc(C)c(NCCc4ccc(F)cc4)nn3)nc2CO)cn1.Cc1cn(-c2ccc(-c3cc(C)c(N[C@@H](C)c4cc(C)c(F)c(F)c4)nn3)nc2CO)cn1.Cc1cn(-c2ccc(-c3cc(C)c(N[C@@H](C)c4ccc(C)c(C(F)(F)F)c4)nn3)nc2CO)cn1.Cc1cn(-c2ccc(-c3cc(C)c(N[C@@H](C)c4ccc(F)c(C)c4)nn3)nc2CO)cn1. The number of pyridine rings is 4. The van der Waals surface area contributed by atoms with E-state index < -0.39 is 29.4 Å². The molecule has 0 saturated carbocycles. The molecule has 0 spiro atoms. The summed E-state index contributed by atoms with van der Waals surface area (Å²) >= 11 is 0. The highest BCUT2D eigenvalue weighted by Crippen LogP contribution is 2.36. The molecule has 0 amide bonds. The summed E-state index contributed by atoms with van der Waals surface area (Å²) in [4.78, 5) is 35.1. The molecule has 0 aliphatic heterocycles. The molecule has 16 aromatic rings. The fourth-order valence-corrected chi connectivity index (χ4v) is 14.2. The standard InChI is InChI=1S/C25H25F3N6O.C24H24F2N6O.C24H25FN6O.C23H23FN6O/c1-14-5-6-18(10-19(14)25(26,27)28)17(4)30-24-15(2)9-21(32-33-24)20-7-8-23(22(12-35)31-20)34-11-16(3)29-13-34;1-13-7-17(9-18(25)23(13)26)16(4)28-24-14(2)8-20(30-31-24)19-5-6-22(21(11-33)29-19)32-10-15(3)27-12-32;1-14-9-18(5-6-19(14)25)17(4)27-24-15(2)10-21(29-30-24)20-7-8-23(22(12-32)28-20)31-11-16(3)26-13-31;1-15-11-20(28-29-23(15)25-10-9-17-3-5-18(24)6-4-17)19-7-8-22(21(13-31)27-19)30-12-16(2)26-14-30/h5-11,13,17,35H,12H2,1-4H3,(H,30,33);5-10,12,16,33H,11H2,1-4H3,(H,28,31);5-11,13,17,32H,12H2,1-4H3,(H,27,30);3-8,11-12,14,31H,9-10,13H2,1-2H3,(H,25,29)/t17-;16-;17-;/m000./s1. The van der Waals surface area contributed by atoms with Crippen LogP contribution >= 0.6 is 0 Å². The van der Waals surface area contributed by atoms with Crippen molar-refractivity contribution in [3.63, 3.8) is 0 Å². The molecular formula is C96H97F7N24O4. The minimum atomic E-state index is -4.41. The van der Waals surface area contributed by atoms with Crippen molar-refractivity contribution in [2.24, 2.45) is 0 Å². The second kappa shape index (κ2) is 41.5. The van der Waals surface area contributed by atoms with Gasteiger partial charge in [0.15, 0.2) is 34.9 Å². The maximum absolute atomic E-state index is 13.8. The Kier molecular flexibility index (Phi) is 29.7. The van der Waals surface area contributed by atoms with E-state index in [1.165, 1.54) is 44.2 Å². The number of aryl methyl sites for hydroxylation is 11. The number of anilines is 4. The largest absolute Gasteiger partial charge is 0.416 e. The van der Waals surface area contributed by atoms with Gasteiger partial charge in [-0.2, -0.15) is 13.2 Å². The van der Waals surface area contributed by atoms with E-state index in [1.807, 2.05) is 174 Å². The molecule has 8 N–H and O–H groups in total. The molecule has 0 aliphatic rings. The van der Waals surface area contributed by atoms with Gasteiger partial charge in [-0.3, -0.25) is 0 Å². The fraction of sp³-hybridized carbons (Fsp3) is 0.250. The molecule has 35 heteroatoms. The molecule has 0 radical (unpaired) electrons. The number of rotatable bonds is 25. The van der Waals surface area contributed by atoms with Gasteiger partial charge < -0.3 is 60.0 Å². The van der Waals surface area contributed by atoms with Gasteiger partial charge in [0.2, 0.25) is 0 Å². The number of hydrogen-bond donors (Lipinski definition) is 8. The Morgan fingerprint density at radius 3 is 0.985 bits per heavy atom. The highest BCUT2D eigenvalue weighted by atomic mass is 19.4. The first-order chi connectivity index (χ1) is 62.7. The van der Waals surface area contributed by atoms with Gasteiger partial charge in [-0.15, -0.1) is 40.8 Å². The zero-order valence-electron chi connectivity index (χ0n) is 74.3. The quantitative estimate of drug-likeness (QED) is 0.0246. The molecule has 0 aliphatic carbocycles. The predicted molar refractivity (Wildman–Crippen MR) is 484 cm³/mol. The van der Waals surface area contributed by atoms with Gasteiger partial charge in [0.05, 0.1) is 167 Å². The van der Waals surface area contributed by atoms with Gasteiger partial charge in [-0.05, 0) is 268 Å². The van der Waals surface area contributed by atoms with E-state index in [0.29, 0.717) is 121 Å². The first-order valence-corrected chi connectivity index (χ1v) is 41.7. The van der Waals surface area contributed by atoms with Crippen LogP contribution in [0.1, 0.15) is 151 Å². The van der Waals surface area contributed by atoms with Crippen molar-refractivity contribution < 1.29 is 51.2 Å². The molecule has 0 saturated heterocycles. The predicted octanol–water partition coefficient (Wildman–Crippen LogP) is 18.0. The van der Waals surface area contributed by atoms with Gasteiger partial charge in [0.25, 0.3) is 0 Å². The van der Waals surface area contributed by atoms with Crippen LogP contribution in [0.2, 0.25) is 0 Å². The maximum atomic E-state index is 13.8. The smallest absolute Gasteiger partial charge is 0.390 e. The number of alkyl halides is 3. The summed E-state index contributed by atoms with van der Waals surface area (Å²) < 4.78 is 101. The third-order valence-electron chi connectivity index (χ3n) is 21.5. The second-order valence-corrected chi connectivity index (χ2v) is 31.6. The Labute approximate surface area is 751 Å². The van der Waals surface area contributed by atoms with Gasteiger partial charge >= 0.3 is 6.18 Å². The summed E-state index contributed by atoms with van der Waals surface area (Å²) in [5, 5.41) is 86.6. The molecule has 131 heavy (non-hydrogen) atoms. The number of aliphatic hydroxyl groups is 4. The number of aliphatic hydroxyl groups excluding tert-OH is 4. The molecule has 16 rings (SSSR count). The lowest BCUT2D eigenvalue weighted by Gasteiger charge is -2.19. The Bertz CT molecular complexity index is 6720. The molecule has 12 aromatic heterocycles. The first kappa shape index (κ1) is 93.8. The number of halogens is 7. The molecule has 4 aromatic carbocycles. The van der Waals surface area contributed by atoms with Crippen LogP contribution < -0.4 is 21.3 Å². The molecule has 674 valence electrons. The van der Waals surface area contributed by atoms with Crippen molar-refractivity contribution in [2.45, 2.75) is 154 Å². The number of benzene rings is 4. The highest BCUT2D eigenvalue weighted by molar-refractivity contribution is 5.65. The number of aromatic nitrogens is 20. The number of hydrogen-bond acceptors (Lipinski definition) is 24.